The number of benzene rings is 2. The Labute approximate surface area is 146 Å². The Bertz CT molecular complexity index is 778. The molecule has 2 aromatic carbocycles. The average molecular weight is 395 g/mol. The average Bonchev–Trinajstić information content (AvgIpc) is 2.52. The van der Waals surface area contributed by atoms with E-state index in [9.17, 15) is 9.59 Å². The predicted octanol–water partition coefficient (Wildman–Crippen LogP) is 3.50. The topological polar surface area (TPSA) is 70.6 Å². The van der Waals surface area contributed by atoms with Gasteiger partial charge in [0.2, 0.25) is 0 Å². The third-order valence-corrected chi connectivity index (χ3v) is 4.04. The molecular weight excluding hydrogens is 382 g/mol. The quantitative estimate of drug-likeness (QED) is 0.475. The highest BCUT2D eigenvalue weighted by Crippen LogP contribution is 2.19. The van der Waals surface area contributed by atoms with Gasteiger partial charge in [-0.3, -0.25) is 9.59 Å². The third kappa shape index (κ3) is 4.91. The molecule has 0 heterocycles. The molecule has 2 aromatic rings. The van der Waals surface area contributed by atoms with E-state index in [2.05, 4.69) is 31.8 Å². The number of hydrazone groups is 1. The Balaban J connectivity index is 1.94. The minimum Gasteiger partial charge on any atom is -0.318 e. The fraction of sp³-hybridized carbons (Fsp3) is 0.0625. The highest BCUT2D eigenvalue weighted by molar-refractivity contribution is 9.10. The van der Waals surface area contributed by atoms with Crippen molar-refractivity contribution in [3.8, 4) is 0 Å². The summed E-state index contributed by atoms with van der Waals surface area (Å²) in [5, 5.41) is 6.72. The third-order valence-electron chi connectivity index (χ3n) is 2.91. The maximum atomic E-state index is 11.8. The van der Waals surface area contributed by atoms with Crippen LogP contribution in [0, 0.1) is 6.92 Å². The monoisotopic (exact) mass is 393 g/mol. The number of rotatable bonds is 3. The Hall–Kier alpha value is -2.18. The van der Waals surface area contributed by atoms with E-state index < -0.39 is 11.8 Å². The standard InChI is InChI=1S/C16H13BrClN3O2/c1-10-6-7-12(8-14(10)18)20-15(22)16(23)21-19-9-11-4-2-3-5-13(11)17/h2-9H,1H3,(H,20,22)(H,21,23)/b19-9-. The lowest BCUT2D eigenvalue weighted by Gasteiger charge is -2.05. The summed E-state index contributed by atoms with van der Waals surface area (Å²) in [6.45, 7) is 1.84. The number of nitrogens with one attached hydrogen (secondary N) is 2. The van der Waals surface area contributed by atoms with Crippen molar-refractivity contribution in [3.63, 3.8) is 0 Å². The van der Waals surface area contributed by atoms with Gasteiger partial charge in [-0.15, -0.1) is 0 Å². The summed E-state index contributed by atoms with van der Waals surface area (Å²) >= 11 is 9.32. The SMILES string of the molecule is Cc1ccc(NC(=O)C(=O)N/N=C\c2ccccc2Br)cc1Cl. The maximum absolute atomic E-state index is 11.8. The van der Waals surface area contributed by atoms with Crippen molar-refractivity contribution in [2.24, 2.45) is 5.10 Å². The summed E-state index contributed by atoms with van der Waals surface area (Å²) < 4.78 is 0.830. The molecule has 7 heteroatoms. The molecule has 2 rings (SSSR count). The van der Waals surface area contributed by atoms with Gasteiger partial charge in [-0.1, -0.05) is 51.8 Å². The fourth-order valence-corrected chi connectivity index (χ4v) is 2.22. The van der Waals surface area contributed by atoms with Gasteiger partial charge in [0, 0.05) is 20.7 Å². The summed E-state index contributed by atoms with van der Waals surface area (Å²) in [4.78, 5) is 23.5. The second-order valence-corrected chi connectivity index (χ2v) is 5.90. The molecule has 0 aromatic heterocycles. The number of amides is 2. The first kappa shape index (κ1) is 17.2. The first-order chi connectivity index (χ1) is 11.0. The van der Waals surface area contributed by atoms with Gasteiger partial charge in [-0.25, -0.2) is 5.43 Å². The minimum absolute atomic E-state index is 0.440. The Morgan fingerprint density at radius 1 is 1.17 bits per heavy atom. The highest BCUT2D eigenvalue weighted by atomic mass is 79.9. The van der Waals surface area contributed by atoms with Crippen LogP contribution < -0.4 is 10.7 Å². The van der Waals surface area contributed by atoms with Gasteiger partial charge in [-0.2, -0.15) is 5.10 Å². The van der Waals surface area contributed by atoms with E-state index in [1.54, 1.807) is 18.2 Å². The smallest absolute Gasteiger partial charge is 0.318 e. The van der Waals surface area contributed by atoms with E-state index in [0.29, 0.717) is 10.7 Å². The van der Waals surface area contributed by atoms with Crippen LogP contribution >= 0.6 is 27.5 Å². The molecule has 0 saturated carbocycles. The van der Waals surface area contributed by atoms with Crippen molar-refractivity contribution in [3.05, 3.63) is 63.1 Å². The number of hydrogen-bond donors (Lipinski definition) is 2. The van der Waals surface area contributed by atoms with Crippen LogP contribution in [0.4, 0.5) is 5.69 Å². The fourth-order valence-electron chi connectivity index (χ4n) is 1.65. The van der Waals surface area contributed by atoms with Crippen LogP contribution in [0.15, 0.2) is 52.0 Å². The molecule has 118 valence electrons. The molecule has 2 N–H and O–H groups in total. The van der Waals surface area contributed by atoms with E-state index in [-0.39, 0.29) is 0 Å². The molecule has 0 fully saturated rings. The number of aryl methyl sites for hydroxylation is 1. The van der Waals surface area contributed by atoms with Crippen molar-refractivity contribution in [1.29, 1.82) is 0 Å². The Morgan fingerprint density at radius 2 is 1.91 bits per heavy atom. The van der Waals surface area contributed by atoms with Crippen molar-refractivity contribution in [1.82, 2.24) is 5.43 Å². The van der Waals surface area contributed by atoms with Crippen LogP contribution in [0.1, 0.15) is 11.1 Å². The van der Waals surface area contributed by atoms with Gasteiger partial charge in [0.1, 0.15) is 0 Å². The summed E-state index contributed by atoms with van der Waals surface area (Å²) in [5.74, 6) is -1.70. The van der Waals surface area contributed by atoms with Gasteiger partial charge >= 0.3 is 11.8 Å². The molecule has 0 aliphatic rings. The Morgan fingerprint density at radius 3 is 2.61 bits per heavy atom. The molecule has 0 spiro atoms. The molecule has 0 bridgehead atoms. The molecule has 0 aliphatic carbocycles. The van der Waals surface area contributed by atoms with E-state index in [1.165, 1.54) is 6.21 Å². The van der Waals surface area contributed by atoms with Crippen LogP contribution in [0.2, 0.25) is 5.02 Å². The summed E-state index contributed by atoms with van der Waals surface area (Å²) in [7, 11) is 0. The van der Waals surface area contributed by atoms with Gasteiger partial charge in [0.15, 0.2) is 0 Å². The lowest BCUT2D eigenvalue weighted by atomic mass is 10.2. The number of carbonyl (C=O) groups is 2. The highest BCUT2D eigenvalue weighted by Gasteiger charge is 2.13. The van der Waals surface area contributed by atoms with Crippen molar-refractivity contribution < 1.29 is 9.59 Å². The molecular formula is C16H13BrClN3O2. The van der Waals surface area contributed by atoms with Gasteiger partial charge in [0.25, 0.3) is 0 Å². The maximum Gasteiger partial charge on any atom is 0.329 e. The molecule has 2 amide bonds. The summed E-state index contributed by atoms with van der Waals surface area (Å²) in [5.41, 5.74) is 4.27. The molecule has 0 aliphatic heterocycles. The van der Waals surface area contributed by atoms with Crippen LogP contribution in [0.5, 0.6) is 0 Å². The zero-order valence-electron chi connectivity index (χ0n) is 12.1. The van der Waals surface area contributed by atoms with E-state index in [0.717, 1.165) is 15.6 Å². The minimum atomic E-state index is -0.870. The zero-order chi connectivity index (χ0) is 16.8. The first-order valence-electron chi connectivity index (χ1n) is 6.62. The second kappa shape index (κ2) is 7.89. The van der Waals surface area contributed by atoms with E-state index >= 15 is 0 Å². The summed E-state index contributed by atoms with van der Waals surface area (Å²) in [6, 6.07) is 12.3. The molecule has 5 nitrogen and oxygen atoms in total. The molecule has 0 unspecified atom stereocenters. The van der Waals surface area contributed by atoms with Gasteiger partial charge in [0.05, 0.1) is 6.21 Å². The van der Waals surface area contributed by atoms with Gasteiger partial charge < -0.3 is 5.32 Å². The Kier molecular flexibility index (Phi) is 5.90. The second-order valence-electron chi connectivity index (χ2n) is 4.64. The van der Waals surface area contributed by atoms with Crippen LogP contribution in [-0.4, -0.2) is 18.0 Å². The van der Waals surface area contributed by atoms with Crippen LogP contribution in [-0.2, 0) is 9.59 Å². The largest absolute Gasteiger partial charge is 0.329 e. The molecule has 0 atom stereocenters. The molecule has 0 radical (unpaired) electrons. The zero-order valence-corrected chi connectivity index (χ0v) is 14.5. The number of nitrogens with zero attached hydrogens (tertiary/aromatic N) is 1. The number of hydrogen-bond acceptors (Lipinski definition) is 3. The lowest BCUT2D eigenvalue weighted by molar-refractivity contribution is -0.136. The lowest BCUT2D eigenvalue weighted by Crippen LogP contribution is -2.32. The molecule has 0 saturated heterocycles. The number of halogens is 2. The normalized spacial score (nSPS) is 10.6. The summed E-state index contributed by atoms with van der Waals surface area (Å²) in [6.07, 6.45) is 1.44. The number of carbonyl (C=O) groups excluding carboxylic acids is 2. The number of anilines is 1. The van der Waals surface area contributed by atoms with Crippen molar-refractivity contribution >= 4 is 51.2 Å². The van der Waals surface area contributed by atoms with E-state index in [4.69, 9.17) is 11.6 Å². The predicted molar refractivity (Wildman–Crippen MR) is 94.7 cm³/mol. The van der Waals surface area contributed by atoms with Crippen molar-refractivity contribution in [2.75, 3.05) is 5.32 Å². The van der Waals surface area contributed by atoms with Crippen LogP contribution in [0.25, 0.3) is 0 Å². The van der Waals surface area contributed by atoms with E-state index in [1.807, 2.05) is 31.2 Å². The van der Waals surface area contributed by atoms with Crippen molar-refractivity contribution in [2.45, 2.75) is 6.92 Å². The van der Waals surface area contributed by atoms with Crippen LogP contribution in [0.3, 0.4) is 0 Å². The molecule has 23 heavy (non-hydrogen) atoms. The van der Waals surface area contributed by atoms with Gasteiger partial charge in [-0.05, 0) is 30.7 Å². The first-order valence-corrected chi connectivity index (χ1v) is 7.79.